The van der Waals surface area contributed by atoms with E-state index < -0.39 is 0 Å². The number of nitrogens with two attached hydrogens (primary N) is 1. The number of methoxy groups -OCH3 is 1. The van der Waals surface area contributed by atoms with Crippen molar-refractivity contribution in [1.29, 1.82) is 0 Å². The van der Waals surface area contributed by atoms with Crippen molar-refractivity contribution in [2.24, 2.45) is 10.9 Å². The predicted octanol–water partition coefficient (Wildman–Crippen LogP) is 2.36. The zero-order valence-corrected chi connectivity index (χ0v) is 13.3. The molecule has 112 valence electrons. The van der Waals surface area contributed by atoms with Crippen LogP contribution < -0.4 is 10.6 Å². The molecule has 0 aliphatic carbocycles. The number of rotatable bonds is 7. The van der Waals surface area contributed by atoms with Crippen LogP contribution in [0, 0.1) is 0 Å². The van der Waals surface area contributed by atoms with E-state index in [9.17, 15) is 0 Å². The lowest BCUT2D eigenvalue weighted by Crippen LogP contribution is -2.35. The van der Waals surface area contributed by atoms with Crippen molar-refractivity contribution in [1.82, 2.24) is 0 Å². The summed E-state index contributed by atoms with van der Waals surface area (Å²) in [5.74, 6) is 0.132. The highest BCUT2D eigenvalue weighted by molar-refractivity contribution is 7.98. The molecule has 5 nitrogen and oxygen atoms in total. The van der Waals surface area contributed by atoms with E-state index in [0.29, 0.717) is 6.61 Å². The summed E-state index contributed by atoms with van der Waals surface area (Å²) in [5, 5.41) is 12.2. The van der Waals surface area contributed by atoms with Gasteiger partial charge in [-0.3, -0.25) is 0 Å². The SMILES string of the molecule is COCCN(c1cccc(SC)c1/C(N)=N/O)C(C)C. The number of hydrogen-bond acceptors (Lipinski definition) is 5. The molecule has 6 heteroatoms. The van der Waals surface area contributed by atoms with E-state index in [-0.39, 0.29) is 11.9 Å². The van der Waals surface area contributed by atoms with Gasteiger partial charge < -0.3 is 20.6 Å². The molecule has 0 heterocycles. The first-order valence-corrected chi connectivity index (χ1v) is 7.69. The molecule has 0 amide bonds. The molecule has 3 N–H and O–H groups in total. The minimum Gasteiger partial charge on any atom is -0.409 e. The van der Waals surface area contributed by atoms with E-state index in [1.54, 1.807) is 18.9 Å². The summed E-state index contributed by atoms with van der Waals surface area (Å²) < 4.78 is 5.17. The Balaban J connectivity index is 3.33. The predicted molar refractivity (Wildman–Crippen MR) is 85.1 cm³/mol. The highest BCUT2D eigenvalue weighted by Crippen LogP contribution is 2.30. The summed E-state index contributed by atoms with van der Waals surface area (Å²) in [6.45, 7) is 5.59. The number of anilines is 1. The van der Waals surface area contributed by atoms with E-state index in [4.69, 9.17) is 15.7 Å². The third kappa shape index (κ3) is 3.80. The smallest absolute Gasteiger partial charge is 0.173 e. The van der Waals surface area contributed by atoms with Crippen LogP contribution >= 0.6 is 11.8 Å². The maximum Gasteiger partial charge on any atom is 0.173 e. The summed E-state index contributed by atoms with van der Waals surface area (Å²) >= 11 is 1.58. The zero-order valence-electron chi connectivity index (χ0n) is 12.5. The van der Waals surface area contributed by atoms with Gasteiger partial charge in [0.2, 0.25) is 0 Å². The van der Waals surface area contributed by atoms with Crippen LogP contribution in [0.4, 0.5) is 5.69 Å². The Bertz CT molecular complexity index is 464. The molecular formula is C14H23N3O2S. The molecule has 0 bridgehead atoms. The fourth-order valence-corrected chi connectivity index (χ4v) is 2.71. The summed E-state index contributed by atoms with van der Waals surface area (Å²) in [6, 6.07) is 6.23. The average Bonchev–Trinajstić information content (AvgIpc) is 2.46. The number of nitrogens with zero attached hydrogens (tertiary/aromatic N) is 2. The van der Waals surface area contributed by atoms with Gasteiger partial charge in [0.05, 0.1) is 12.2 Å². The highest BCUT2D eigenvalue weighted by Gasteiger charge is 2.19. The van der Waals surface area contributed by atoms with Crippen LogP contribution in [0.5, 0.6) is 0 Å². The van der Waals surface area contributed by atoms with Crippen LogP contribution in [0.3, 0.4) is 0 Å². The molecular weight excluding hydrogens is 274 g/mol. The van der Waals surface area contributed by atoms with Gasteiger partial charge in [0, 0.05) is 30.3 Å². The van der Waals surface area contributed by atoms with E-state index in [2.05, 4.69) is 23.9 Å². The molecule has 0 saturated heterocycles. The molecule has 0 fully saturated rings. The van der Waals surface area contributed by atoms with Crippen molar-refractivity contribution in [3.05, 3.63) is 23.8 Å². The van der Waals surface area contributed by atoms with Crippen molar-refractivity contribution in [3.63, 3.8) is 0 Å². The van der Waals surface area contributed by atoms with E-state index in [0.717, 1.165) is 22.7 Å². The van der Waals surface area contributed by atoms with Crippen LogP contribution in [-0.2, 0) is 4.74 Å². The largest absolute Gasteiger partial charge is 0.409 e. The summed E-state index contributed by atoms with van der Waals surface area (Å²) in [7, 11) is 1.68. The molecule has 0 aromatic heterocycles. The second kappa shape index (κ2) is 8.01. The first kappa shape index (κ1) is 16.7. The third-order valence-corrected chi connectivity index (χ3v) is 3.84. The quantitative estimate of drug-likeness (QED) is 0.266. The van der Waals surface area contributed by atoms with Gasteiger partial charge in [-0.2, -0.15) is 0 Å². The Kier molecular flexibility index (Phi) is 6.67. The molecule has 0 aliphatic heterocycles. The minimum absolute atomic E-state index is 0.132. The fraction of sp³-hybridized carbons (Fsp3) is 0.500. The molecule has 0 aliphatic rings. The van der Waals surface area contributed by atoms with Gasteiger partial charge in [0.1, 0.15) is 0 Å². The fourth-order valence-electron chi connectivity index (χ4n) is 2.08. The van der Waals surface area contributed by atoms with E-state index >= 15 is 0 Å². The molecule has 0 saturated carbocycles. The Hall–Kier alpha value is -1.40. The summed E-state index contributed by atoms with van der Waals surface area (Å²) in [4.78, 5) is 3.18. The first-order valence-electron chi connectivity index (χ1n) is 6.47. The number of oxime groups is 1. The van der Waals surface area contributed by atoms with Gasteiger partial charge in [-0.05, 0) is 32.2 Å². The maximum absolute atomic E-state index is 9.04. The van der Waals surface area contributed by atoms with Gasteiger partial charge in [-0.15, -0.1) is 11.8 Å². The molecule has 1 aromatic carbocycles. The molecule has 0 spiro atoms. The lowest BCUT2D eigenvalue weighted by Gasteiger charge is -2.31. The highest BCUT2D eigenvalue weighted by atomic mass is 32.2. The number of thioether (sulfide) groups is 1. The monoisotopic (exact) mass is 297 g/mol. The molecule has 0 atom stereocenters. The van der Waals surface area contributed by atoms with Crippen molar-refractivity contribution in [2.45, 2.75) is 24.8 Å². The van der Waals surface area contributed by atoms with E-state index in [1.807, 2.05) is 24.5 Å². The first-order chi connectivity index (χ1) is 9.56. The van der Waals surface area contributed by atoms with Crippen LogP contribution in [-0.4, -0.2) is 43.6 Å². The van der Waals surface area contributed by atoms with Crippen molar-refractivity contribution < 1.29 is 9.94 Å². The topological polar surface area (TPSA) is 71.1 Å². The molecule has 0 radical (unpaired) electrons. The molecule has 1 aromatic rings. The van der Waals surface area contributed by atoms with Crippen LogP contribution in [0.25, 0.3) is 0 Å². The molecule has 20 heavy (non-hydrogen) atoms. The normalized spacial score (nSPS) is 11.9. The Labute approximate surface area is 124 Å². The second-order valence-corrected chi connectivity index (χ2v) is 5.47. The van der Waals surface area contributed by atoms with Crippen LogP contribution in [0.2, 0.25) is 0 Å². The number of benzene rings is 1. The second-order valence-electron chi connectivity index (χ2n) is 4.62. The molecule has 1 rings (SSSR count). The number of amidine groups is 1. The standard InChI is InChI=1S/C14H23N3O2S/c1-10(2)17(8-9-19-3)11-6-5-7-12(20-4)13(11)14(15)16-18/h5-7,10,18H,8-9H2,1-4H3,(H2,15,16). The van der Waals surface area contributed by atoms with Gasteiger partial charge in [0.25, 0.3) is 0 Å². The zero-order chi connectivity index (χ0) is 15.1. The summed E-state index contributed by atoms with van der Waals surface area (Å²) in [5.41, 5.74) is 7.60. The Morgan fingerprint density at radius 3 is 2.70 bits per heavy atom. The van der Waals surface area contributed by atoms with Gasteiger partial charge >= 0.3 is 0 Å². The van der Waals surface area contributed by atoms with Crippen molar-refractivity contribution in [2.75, 3.05) is 31.4 Å². The maximum atomic E-state index is 9.04. The molecule has 0 unspecified atom stereocenters. The van der Waals surface area contributed by atoms with Crippen molar-refractivity contribution in [3.8, 4) is 0 Å². The number of ether oxygens (including phenoxy) is 1. The van der Waals surface area contributed by atoms with Crippen LogP contribution in [0.15, 0.2) is 28.3 Å². The van der Waals surface area contributed by atoms with Gasteiger partial charge in [-0.25, -0.2) is 0 Å². The third-order valence-electron chi connectivity index (χ3n) is 3.06. The van der Waals surface area contributed by atoms with Gasteiger partial charge in [-0.1, -0.05) is 11.2 Å². The summed E-state index contributed by atoms with van der Waals surface area (Å²) in [6.07, 6.45) is 1.97. The Morgan fingerprint density at radius 1 is 1.50 bits per heavy atom. The Morgan fingerprint density at radius 2 is 2.20 bits per heavy atom. The van der Waals surface area contributed by atoms with Gasteiger partial charge in [0.15, 0.2) is 5.84 Å². The number of hydrogen-bond donors (Lipinski definition) is 2. The minimum atomic E-state index is 0.132. The lowest BCUT2D eigenvalue weighted by atomic mass is 10.1. The van der Waals surface area contributed by atoms with E-state index in [1.165, 1.54) is 0 Å². The van der Waals surface area contributed by atoms with Crippen LogP contribution in [0.1, 0.15) is 19.4 Å². The van der Waals surface area contributed by atoms with Crippen molar-refractivity contribution >= 4 is 23.3 Å². The average molecular weight is 297 g/mol. The lowest BCUT2D eigenvalue weighted by molar-refractivity contribution is 0.204.